The molecule has 170 valence electrons. The maximum atomic E-state index is 13.5. The minimum atomic E-state index is -0.215. The van der Waals surface area contributed by atoms with E-state index in [1.165, 1.54) is 0 Å². The van der Waals surface area contributed by atoms with Crippen molar-refractivity contribution < 1.29 is 9.59 Å². The van der Waals surface area contributed by atoms with Crippen LogP contribution in [0, 0.1) is 0 Å². The van der Waals surface area contributed by atoms with Gasteiger partial charge in [-0.2, -0.15) is 0 Å². The molecular weight excluding hydrogens is 434 g/mol. The molecule has 0 saturated carbocycles. The molecule has 35 heavy (non-hydrogen) atoms. The van der Waals surface area contributed by atoms with Crippen molar-refractivity contribution in [1.82, 2.24) is 0 Å². The average Bonchev–Trinajstić information content (AvgIpc) is 3.25. The standard InChI is InChI=1S/C30H23N3O2/c1-32(25-15-9-4-10-16-25)29(34)24-17-19-26(20-18-24)33-28(23-13-7-3-8-14-23)31-27(30(33)35)21-22-11-5-2-6-12-22/h2-21H,1H3/b27-21+. The molecule has 4 aromatic rings. The average molecular weight is 458 g/mol. The van der Waals surface area contributed by atoms with Crippen LogP contribution in [0.2, 0.25) is 0 Å². The van der Waals surface area contributed by atoms with Gasteiger partial charge in [0.25, 0.3) is 11.8 Å². The normalized spacial score (nSPS) is 14.2. The van der Waals surface area contributed by atoms with E-state index in [1.807, 2.05) is 91.0 Å². The monoisotopic (exact) mass is 457 g/mol. The van der Waals surface area contributed by atoms with Crippen LogP contribution in [0.3, 0.4) is 0 Å². The summed E-state index contributed by atoms with van der Waals surface area (Å²) in [5, 5.41) is 0. The lowest BCUT2D eigenvalue weighted by Crippen LogP contribution is -2.32. The summed E-state index contributed by atoms with van der Waals surface area (Å²) in [5.74, 6) is 0.212. The Morgan fingerprint density at radius 1 is 0.771 bits per heavy atom. The predicted octanol–water partition coefficient (Wildman–Crippen LogP) is 5.80. The van der Waals surface area contributed by atoms with Gasteiger partial charge in [-0.3, -0.25) is 14.5 Å². The zero-order valence-electron chi connectivity index (χ0n) is 19.2. The van der Waals surface area contributed by atoms with Crippen molar-refractivity contribution in [2.24, 2.45) is 4.99 Å². The van der Waals surface area contributed by atoms with Gasteiger partial charge < -0.3 is 4.90 Å². The quantitative estimate of drug-likeness (QED) is 0.356. The van der Waals surface area contributed by atoms with E-state index in [9.17, 15) is 9.59 Å². The second-order valence-electron chi connectivity index (χ2n) is 8.13. The third kappa shape index (κ3) is 4.52. The maximum absolute atomic E-state index is 13.5. The van der Waals surface area contributed by atoms with Crippen molar-refractivity contribution in [3.05, 3.63) is 138 Å². The zero-order valence-corrected chi connectivity index (χ0v) is 19.2. The zero-order chi connectivity index (χ0) is 24.2. The summed E-state index contributed by atoms with van der Waals surface area (Å²) in [6.07, 6.45) is 1.79. The number of amides is 2. The van der Waals surface area contributed by atoms with Crippen molar-refractivity contribution >= 4 is 35.1 Å². The van der Waals surface area contributed by atoms with Crippen LogP contribution in [-0.4, -0.2) is 24.7 Å². The van der Waals surface area contributed by atoms with Gasteiger partial charge in [0.1, 0.15) is 11.5 Å². The first-order valence-corrected chi connectivity index (χ1v) is 11.3. The van der Waals surface area contributed by atoms with Crippen LogP contribution in [0.25, 0.3) is 6.08 Å². The molecular formula is C30H23N3O2. The summed E-state index contributed by atoms with van der Waals surface area (Å²) < 4.78 is 0. The van der Waals surface area contributed by atoms with E-state index in [1.54, 1.807) is 47.2 Å². The molecule has 1 heterocycles. The Bertz CT molecular complexity index is 1410. The highest BCUT2D eigenvalue weighted by atomic mass is 16.2. The first kappa shape index (κ1) is 22.0. The predicted molar refractivity (Wildman–Crippen MR) is 141 cm³/mol. The van der Waals surface area contributed by atoms with Crippen LogP contribution in [-0.2, 0) is 4.79 Å². The molecule has 5 heteroatoms. The second-order valence-corrected chi connectivity index (χ2v) is 8.13. The maximum Gasteiger partial charge on any atom is 0.282 e. The lowest BCUT2D eigenvalue weighted by atomic mass is 10.1. The summed E-state index contributed by atoms with van der Waals surface area (Å²) in [6.45, 7) is 0. The van der Waals surface area contributed by atoms with Gasteiger partial charge >= 0.3 is 0 Å². The van der Waals surface area contributed by atoms with Crippen molar-refractivity contribution in [2.75, 3.05) is 16.8 Å². The Labute approximate surface area is 204 Å². The van der Waals surface area contributed by atoms with Gasteiger partial charge in [0.15, 0.2) is 0 Å². The Morgan fingerprint density at radius 3 is 1.97 bits per heavy atom. The van der Waals surface area contributed by atoms with Gasteiger partial charge in [-0.05, 0) is 48.0 Å². The molecule has 5 rings (SSSR count). The molecule has 1 aliphatic rings. The smallest absolute Gasteiger partial charge is 0.282 e. The highest BCUT2D eigenvalue weighted by molar-refractivity contribution is 6.33. The number of benzene rings is 4. The molecule has 0 bridgehead atoms. The number of hydrogen-bond donors (Lipinski definition) is 0. The number of carbonyl (C=O) groups is 2. The number of hydrogen-bond acceptors (Lipinski definition) is 3. The molecule has 4 aromatic carbocycles. The lowest BCUT2D eigenvalue weighted by Gasteiger charge is -2.20. The molecule has 0 aromatic heterocycles. The summed E-state index contributed by atoms with van der Waals surface area (Å²) >= 11 is 0. The van der Waals surface area contributed by atoms with E-state index < -0.39 is 0 Å². The summed E-state index contributed by atoms with van der Waals surface area (Å²) in [4.78, 5) is 34.4. The number of anilines is 2. The number of amidine groups is 1. The lowest BCUT2D eigenvalue weighted by molar-refractivity contribution is -0.113. The molecule has 0 N–H and O–H groups in total. The topological polar surface area (TPSA) is 53.0 Å². The Kier molecular flexibility index (Phi) is 6.05. The summed E-state index contributed by atoms with van der Waals surface area (Å²) in [7, 11) is 1.75. The molecule has 0 radical (unpaired) electrons. The van der Waals surface area contributed by atoms with Gasteiger partial charge in [-0.15, -0.1) is 0 Å². The molecule has 0 saturated heterocycles. The number of carbonyl (C=O) groups excluding carboxylic acids is 2. The van der Waals surface area contributed by atoms with Gasteiger partial charge in [-0.25, -0.2) is 4.99 Å². The second kappa shape index (κ2) is 9.61. The van der Waals surface area contributed by atoms with Crippen molar-refractivity contribution in [3.63, 3.8) is 0 Å². The Balaban J connectivity index is 1.48. The molecule has 0 fully saturated rings. The highest BCUT2D eigenvalue weighted by Gasteiger charge is 2.32. The molecule has 1 aliphatic heterocycles. The van der Waals surface area contributed by atoms with Crippen LogP contribution >= 0.6 is 0 Å². The van der Waals surface area contributed by atoms with Crippen molar-refractivity contribution in [2.45, 2.75) is 0 Å². The van der Waals surface area contributed by atoms with E-state index in [4.69, 9.17) is 4.99 Å². The van der Waals surface area contributed by atoms with Crippen molar-refractivity contribution in [1.29, 1.82) is 0 Å². The van der Waals surface area contributed by atoms with E-state index in [2.05, 4.69) is 0 Å². The van der Waals surface area contributed by atoms with Gasteiger partial charge in [0, 0.05) is 23.9 Å². The fraction of sp³-hybridized carbons (Fsp3) is 0.0333. The molecule has 2 amide bonds. The third-order valence-electron chi connectivity index (χ3n) is 5.82. The number of aliphatic imine (C=N–C) groups is 1. The minimum Gasteiger partial charge on any atom is -0.311 e. The minimum absolute atomic E-state index is 0.128. The van der Waals surface area contributed by atoms with E-state index in [0.717, 1.165) is 16.8 Å². The Hall–Kier alpha value is -4.77. The number of nitrogens with zero attached hydrogens (tertiary/aromatic N) is 3. The molecule has 0 spiro atoms. The van der Waals surface area contributed by atoms with Crippen molar-refractivity contribution in [3.8, 4) is 0 Å². The van der Waals surface area contributed by atoms with Gasteiger partial charge in [-0.1, -0.05) is 78.9 Å². The molecule has 0 aliphatic carbocycles. The fourth-order valence-corrected chi connectivity index (χ4v) is 3.96. The molecule has 5 nitrogen and oxygen atoms in total. The number of para-hydroxylation sites is 1. The fourth-order valence-electron chi connectivity index (χ4n) is 3.96. The van der Waals surface area contributed by atoms with E-state index >= 15 is 0 Å². The van der Waals surface area contributed by atoms with E-state index in [-0.39, 0.29) is 11.8 Å². The first-order valence-electron chi connectivity index (χ1n) is 11.3. The largest absolute Gasteiger partial charge is 0.311 e. The molecule has 0 unspecified atom stereocenters. The van der Waals surface area contributed by atoms with Gasteiger partial charge in [0.2, 0.25) is 0 Å². The summed E-state index contributed by atoms with van der Waals surface area (Å²) in [5.41, 5.74) is 4.09. The van der Waals surface area contributed by atoms with E-state index in [0.29, 0.717) is 22.8 Å². The first-order chi connectivity index (χ1) is 17.1. The van der Waals surface area contributed by atoms with Crippen LogP contribution in [0.4, 0.5) is 11.4 Å². The van der Waals surface area contributed by atoms with Crippen LogP contribution in [0.5, 0.6) is 0 Å². The Morgan fingerprint density at radius 2 is 1.34 bits per heavy atom. The highest BCUT2D eigenvalue weighted by Crippen LogP contribution is 2.28. The van der Waals surface area contributed by atoms with Crippen LogP contribution < -0.4 is 9.80 Å². The SMILES string of the molecule is CN(C(=O)c1ccc(N2C(=O)/C(=C\c3ccccc3)N=C2c2ccccc2)cc1)c1ccccc1. The third-order valence-corrected chi connectivity index (χ3v) is 5.82. The number of rotatable bonds is 5. The molecule has 0 atom stereocenters. The van der Waals surface area contributed by atoms with Crippen LogP contribution in [0.1, 0.15) is 21.5 Å². The van der Waals surface area contributed by atoms with Crippen LogP contribution in [0.15, 0.2) is 126 Å². The summed E-state index contributed by atoms with van der Waals surface area (Å²) in [6, 6.07) is 35.8. The van der Waals surface area contributed by atoms with Gasteiger partial charge in [0.05, 0.1) is 5.69 Å².